The van der Waals surface area contributed by atoms with E-state index in [2.05, 4.69) is 22.2 Å². The number of rotatable bonds is 5. The molecular weight excluding hydrogens is 258 g/mol. The van der Waals surface area contributed by atoms with Gasteiger partial charge in [0.1, 0.15) is 0 Å². The summed E-state index contributed by atoms with van der Waals surface area (Å²) >= 11 is 2.91. The smallest absolute Gasteiger partial charge is 0.355 e. The number of nitrogens with zero attached hydrogens (tertiary/aromatic N) is 2. The van der Waals surface area contributed by atoms with Crippen LogP contribution in [0.3, 0.4) is 0 Å². The lowest BCUT2D eigenvalue weighted by Gasteiger charge is -2.08. The number of carbonyl (C=O) groups is 1. The summed E-state index contributed by atoms with van der Waals surface area (Å²) in [4.78, 5) is 18.8. The molecule has 0 saturated heterocycles. The number of anilines is 1. The minimum Gasteiger partial charge on any atom is -0.476 e. The fraction of sp³-hybridized carbons (Fsp3) is 0.300. The van der Waals surface area contributed by atoms with Gasteiger partial charge in [-0.15, -0.1) is 22.7 Å². The molecule has 0 fully saturated rings. The van der Waals surface area contributed by atoms with Crippen molar-refractivity contribution in [3.05, 3.63) is 27.7 Å². The van der Waals surface area contributed by atoms with E-state index >= 15 is 0 Å². The van der Waals surface area contributed by atoms with E-state index in [1.165, 1.54) is 16.7 Å². The third-order valence-electron chi connectivity index (χ3n) is 2.16. The summed E-state index contributed by atoms with van der Waals surface area (Å²) in [6.45, 7) is 2.76. The number of aromatic carboxylic acids is 1. The third-order valence-corrected chi connectivity index (χ3v) is 3.96. The minimum atomic E-state index is -0.998. The highest BCUT2D eigenvalue weighted by molar-refractivity contribution is 7.13. The molecule has 2 N–H and O–H groups in total. The molecule has 0 aromatic carbocycles. The van der Waals surface area contributed by atoms with Crippen molar-refractivity contribution in [2.45, 2.75) is 12.8 Å². The van der Waals surface area contributed by atoms with E-state index in [9.17, 15) is 4.79 Å². The maximum atomic E-state index is 10.6. The Morgan fingerprint density at radius 1 is 1.59 bits per heavy atom. The SMILES string of the molecule is CC(CNc1nc(C(=O)O)cs1)c1nccs1. The topological polar surface area (TPSA) is 75.1 Å². The standard InChI is InChI=1S/C10H11N3O2S2/c1-6(8-11-2-3-16-8)4-12-10-13-7(5-17-10)9(14)15/h2-3,5-6H,4H2,1H3,(H,12,13)(H,14,15). The minimum absolute atomic E-state index is 0.0828. The van der Waals surface area contributed by atoms with E-state index in [-0.39, 0.29) is 11.6 Å². The first-order chi connectivity index (χ1) is 8.16. The zero-order chi connectivity index (χ0) is 12.3. The van der Waals surface area contributed by atoms with Gasteiger partial charge in [0.15, 0.2) is 10.8 Å². The second kappa shape index (κ2) is 5.24. The number of carboxylic acids is 1. The summed E-state index contributed by atoms with van der Waals surface area (Å²) in [6.07, 6.45) is 1.78. The predicted molar refractivity (Wildman–Crippen MR) is 68.1 cm³/mol. The summed E-state index contributed by atoms with van der Waals surface area (Å²) in [6, 6.07) is 0. The van der Waals surface area contributed by atoms with E-state index in [0.29, 0.717) is 11.7 Å². The van der Waals surface area contributed by atoms with E-state index in [4.69, 9.17) is 5.11 Å². The van der Waals surface area contributed by atoms with Crippen molar-refractivity contribution in [1.29, 1.82) is 0 Å². The number of hydrogen-bond acceptors (Lipinski definition) is 6. The van der Waals surface area contributed by atoms with Gasteiger partial charge in [-0.2, -0.15) is 0 Å². The van der Waals surface area contributed by atoms with Crippen molar-refractivity contribution in [2.75, 3.05) is 11.9 Å². The Hall–Kier alpha value is -1.47. The largest absolute Gasteiger partial charge is 0.476 e. The zero-order valence-electron chi connectivity index (χ0n) is 9.08. The van der Waals surface area contributed by atoms with Crippen LogP contribution in [-0.2, 0) is 0 Å². The van der Waals surface area contributed by atoms with Crippen LogP contribution >= 0.6 is 22.7 Å². The Morgan fingerprint density at radius 3 is 3.00 bits per heavy atom. The Balaban J connectivity index is 1.91. The number of hydrogen-bond donors (Lipinski definition) is 2. The first-order valence-electron chi connectivity index (χ1n) is 4.99. The maximum Gasteiger partial charge on any atom is 0.355 e. The summed E-state index contributed by atoms with van der Waals surface area (Å²) < 4.78 is 0. The number of nitrogens with one attached hydrogen (secondary N) is 1. The molecule has 0 aliphatic rings. The lowest BCUT2D eigenvalue weighted by molar-refractivity contribution is 0.0691. The van der Waals surface area contributed by atoms with Crippen LogP contribution in [0.5, 0.6) is 0 Å². The van der Waals surface area contributed by atoms with Gasteiger partial charge >= 0.3 is 5.97 Å². The molecule has 2 heterocycles. The molecule has 0 radical (unpaired) electrons. The summed E-state index contributed by atoms with van der Waals surface area (Å²) in [5.74, 6) is -0.713. The zero-order valence-corrected chi connectivity index (χ0v) is 10.7. The van der Waals surface area contributed by atoms with Crippen molar-refractivity contribution in [2.24, 2.45) is 0 Å². The molecule has 17 heavy (non-hydrogen) atoms. The molecular formula is C10H11N3O2S2. The molecule has 1 unspecified atom stereocenters. The van der Waals surface area contributed by atoms with Crippen LogP contribution in [0.1, 0.15) is 28.3 Å². The molecule has 0 bridgehead atoms. The molecule has 7 heteroatoms. The second-order valence-electron chi connectivity index (χ2n) is 3.50. The normalized spacial score (nSPS) is 12.3. The van der Waals surface area contributed by atoms with Gasteiger partial charge in [-0.1, -0.05) is 6.92 Å². The van der Waals surface area contributed by atoms with Crippen molar-refractivity contribution < 1.29 is 9.90 Å². The summed E-state index contributed by atoms with van der Waals surface area (Å²) in [7, 11) is 0. The van der Waals surface area contributed by atoms with Crippen LogP contribution < -0.4 is 5.32 Å². The average molecular weight is 269 g/mol. The summed E-state index contributed by atoms with van der Waals surface area (Å²) in [5, 5.41) is 17.0. The third kappa shape index (κ3) is 3.01. The molecule has 1 atom stereocenters. The van der Waals surface area contributed by atoms with Gasteiger partial charge in [-0.05, 0) is 0 Å². The number of thiazole rings is 2. The van der Waals surface area contributed by atoms with E-state index in [1.807, 2.05) is 5.38 Å². The number of aromatic nitrogens is 2. The quantitative estimate of drug-likeness (QED) is 0.872. The second-order valence-corrected chi connectivity index (χ2v) is 5.28. The highest BCUT2D eigenvalue weighted by Crippen LogP contribution is 2.20. The molecule has 2 aromatic heterocycles. The summed E-state index contributed by atoms with van der Waals surface area (Å²) in [5.41, 5.74) is 0.0828. The van der Waals surface area contributed by atoms with Crippen molar-refractivity contribution in [3.63, 3.8) is 0 Å². The van der Waals surface area contributed by atoms with Crippen LogP contribution in [-0.4, -0.2) is 27.6 Å². The van der Waals surface area contributed by atoms with Crippen LogP contribution in [0.25, 0.3) is 0 Å². The van der Waals surface area contributed by atoms with E-state index in [0.717, 1.165) is 5.01 Å². The lowest BCUT2D eigenvalue weighted by atomic mass is 10.2. The lowest BCUT2D eigenvalue weighted by Crippen LogP contribution is -2.09. The molecule has 2 aromatic rings. The first-order valence-corrected chi connectivity index (χ1v) is 6.75. The molecule has 5 nitrogen and oxygen atoms in total. The fourth-order valence-corrected chi connectivity index (χ4v) is 2.65. The Morgan fingerprint density at radius 2 is 2.41 bits per heavy atom. The Bertz CT molecular complexity index is 495. The number of carboxylic acid groups (broad SMARTS) is 1. The van der Waals surface area contributed by atoms with Crippen molar-refractivity contribution in [3.8, 4) is 0 Å². The van der Waals surface area contributed by atoms with Crippen molar-refractivity contribution >= 4 is 33.8 Å². The van der Waals surface area contributed by atoms with E-state index in [1.54, 1.807) is 17.5 Å². The van der Waals surface area contributed by atoms with Gasteiger partial charge in [-0.25, -0.2) is 14.8 Å². The Labute approximate surface area is 106 Å². The molecule has 0 amide bonds. The monoisotopic (exact) mass is 269 g/mol. The maximum absolute atomic E-state index is 10.6. The molecule has 0 spiro atoms. The van der Waals surface area contributed by atoms with Gasteiger partial charge in [-0.3, -0.25) is 0 Å². The molecule has 0 aliphatic carbocycles. The van der Waals surface area contributed by atoms with Crippen LogP contribution in [0, 0.1) is 0 Å². The van der Waals surface area contributed by atoms with Gasteiger partial charge in [0.2, 0.25) is 0 Å². The van der Waals surface area contributed by atoms with Crippen LogP contribution in [0.2, 0.25) is 0 Å². The van der Waals surface area contributed by atoms with Gasteiger partial charge in [0.05, 0.1) is 5.01 Å². The van der Waals surface area contributed by atoms with Crippen molar-refractivity contribution in [1.82, 2.24) is 9.97 Å². The van der Waals surface area contributed by atoms with Crippen LogP contribution in [0.4, 0.5) is 5.13 Å². The molecule has 90 valence electrons. The Kier molecular flexibility index (Phi) is 3.70. The first kappa shape index (κ1) is 12.0. The van der Waals surface area contributed by atoms with Gasteiger partial charge in [0, 0.05) is 29.4 Å². The molecule has 0 saturated carbocycles. The van der Waals surface area contributed by atoms with E-state index < -0.39 is 5.97 Å². The van der Waals surface area contributed by atoms with Gasteiger partial charge < -0.3 is 10.4 Å². The highest BCUT2D eigenvalue weighted by atomic mass is 32.1. The fourth-order valence-electron chi connectivity index (χ4n) is 1.26. The highest BCUT2D eigenvalue weighted by Gasteiger charge is 2.11. The molecule has 2 rings (SSSR count). The molecule has 0 aliphatic heterocycles. The van der Waals surface area contributed by atoms with Crippen LogP contribution in [0.15, 0.2) is 17.0 Å². The van der Waals surface area contributed by atoms with Gasteiger partial charge in [0.25, 0.3) is 0 Å². The predicted octanol–water partition coefficient (Wildman–Crippen LogP) is 2.51. The average Bonchev–Trinajstić information content (AvgIpc) is 2.97.